The second-order valence-electron chi connectivity index (χ2n) is 7.61. The van der Waals surface area contributed by atoms with Crippen molar-refractivity contribution >= 4 is 28.6 Å². The zero-order valence-corrected chi connectivity index (χ0v) is 17.2. The first-order chi connectivity index (χ1) is 14.1. The van der Waals surface area contributed by atoms with Gasteiger partial charge in [0.25, 0.3) is 0 Å². The number of thiazole rings is 1. The molecule has 29 heavy (non-hydrogen) atoms. The molecule has 4 aromatic rings. The lowest BCUT2D eigenvalue weighted by molar-refractivity contribution is -0.118. The molecule has 3 aromatic heterocycles. The molecular weight excluding hydrogens is 382 g/mol. The van der Waals surface area contributed by atoms with E-state index in [4.69, 9.17) is 4.98 Å². The van der Waals surface area contributed by atoms with Crippen LogP contribution in [0.5, 0.6) is 0 Å². The Balaban J connectivity index is 1.51. The summed E-state index contributed by atoms with van der Waals surface area (Å²) in [5, 5.41) is 11.0. The fourth-order valence-electron chi connectivity index (χ4n) is 3.92. The fraction of sp³-hybridized carbons (Fsp3) is 0.273. The van der Waals surface area contributed by atoms with E-state index in [1.807, 2.05) is 27.6 Å². The van der Waals surface area contributed by atoms with Crippen LogP contribution in [0.1, 0.15) is 32.3 Å². The molecule has 0 atom stereocenters. The van der Waals surface area contributed by atoms with E-state index in [2.05, 4.69) is 47.6 Å². The van der Waals surface area contributed by atoms with Gasteiger partial charge < -0.3 is 4.90 Å². The molecule has 146 valence electrons. The number of hydrogen-bond donors (Lipinski definition) is 0. The van der Waals surface area contributed by atoms with Gasteiger partial charge >= 0.3 is 0 Å². The van der Waals surface area contributed by atoms with E-state index >= 15 is 0 Å². The van der Waals surface area contributed by atoms with Gasteiger partial charge in [0.15, 0.2) is 5.65 Å². The summed E-state index contributed by atoms with van der Waals surface area (Å²) >= 11 is 1.63. The lowest BCUT2D eigenvalue weighted by Gasteiger charge is -2.27. The first kappa shape index (κ1) is 18.0. The zero-order chi connectivity index (χ0) is 20.0. The molecule has 1 aliphatic rings. The average Bonchev–Trinajstić information content (AvgIpc) is 3.34. The summed E-state index contributed by atoms with van der Waals surface area (Å²) in [6.07, 6.45) is 6.11. The van der Waals surface area contributed by atoms with E-state index in [9.17, 15) is 4.79 Å². The van der Waals surface area contributed by atoms with Crippen LogP contribution in [0.4, 0.5) is 5.69 Å². The highest BCUT2D eigenvalue weighted by Crippen LogP contribution is 2.34. The van der Waals surface area contributed by atoms with Crippen molar-refractivity contribution in [1.82, 2.24) is 19.6 Å². The number of nitrogens with zero attached hydrogens (tertiary/aromatic N) is 5. The molecule has 0 spiro atoms. The second-order valence-corrected chi connectivity index (χ2v) is 8.46. The van der Waals surface area contributed by atoms with Crippen molar-refractivity contribution in [2.24, 2.45) is 0 Å². The molecule has 6 nitrogen and oxygen atoms in total. The van der Waals surface area contributed by atoms with E-state index in [0.29, 0.717) is 6.42 Å². The fourth-order valence-corrected chi connectivity index (χ4v) is 4.74. The number of amides is 1. The van der Waals surface area contributed by atoms with Gasteiger partial charge in [-0.3, -0.25) is 9.20 Å². The van der Waals surface area contributed by atoms with Crippen LogP contribution >= 0.6 is 11.3 Å². The highest BCUT2D eigenvalue weighted by molar-refractivity contribution is 7.13. The number of fused-ring (bicyclic) bond motifs is 2. The third-order valence-electron chi connectivity index (χ3n) is 5.30. The van der Waals surface area contributed by atoms with Crippen molar-refractivity contribution in [3.05, 3.63) is 53.8 Å². The molecular formula is C22H21N5OS. The molecule has 0 radical (unpaired) electrons. The maximum atomic E-state index is 12.5. The average molecular weight is 404 g/mol. The van der Waals surface area contributed by atoms with Gasteiger partial charge in [0.05, 0.1) is 5.69 Å². The first-order valence-electron chi connectivity index (χ1n) is 9.81. The van der Waals surface area contributed by atoms with Gasteiger partial charge in [0.2, 0.25) is 5.91 Å². The zero-order valence-electron chi connectivity index (χ0n) is 16.4. The van der Waals surface area contributed by atoms with Crippen molar-refractivity contribution in [3.63, 3.8) is 0 Å². The first-order valence-corrected chi connectivity index (χ1v) is 10.7. The number of carbonyl (C=O) groups is 1. The Morgan fingerprint density at radius 2 is 1.97 bits per heavy atom. The Kier molecular flexibility index (Phi) is 4.39. The lowest BCUT2D eigenvalue weighted by Crippen LogP contribution is -2.36. The number of rotatable bonds is 3. The van der Waals surface area contributed by atoms with Gasteiger partial charge in [-0.15, -0.1) is 21.5 Å². The number of carbonyl (C=O) groups excluding carboxylic acids is 1. The van der Waals surface area contributed by atoms with Gasteiger partial charge in [0, 0.05) is 40.9 Å². The van der Waals surface area contributed by atoms with Crippen LogP contribution in [-0.4, -0.2) is 31.5 Å². The minimum Gasteiger partial charge on any atom is -0.310 e. The molecule has 1 amide bonds. The van der Waals surface area contributed by atoms with Crippen LogP contribution in [0.2, 0.25) is 0 Å². The SMILES string of the molecule is CC(C)N1C(=O)CCCc2cc(-c3csc(-c4ccc5nncn5c4)n3)ccc21. The van der Waals surface area contributed by atoms with Crippen molar-refractivity contribution in [1.29, 1.82) is 0 Å². The summed E-state index contributed by atoms with van der Waals surface area (Å²) in [5.41, 5.74) is 6.18. The minimum absolute atomic E-state index is 0.156. The largest absolute Gasteiger partial charge is 0.310 e. The number of anilines is 1. The molecule has 7 heteroatoms. The maximum Gasteiger partial charge on any atom is 0.227 e. The van der Waals surface area contributed by atoms with E-state index in [1.54, 1.807) is 17.7 Å². The van der Waals surface area contributed by atoms with Crippen LogP contribution in [0.3, 0.4) is 0 Å². The quantitative estimate of drug-likeness (QED) is 0.502. The van der Waals surface area contributed by atoms with E-state index < -0.39 is 0 Å². The van der Waals surface area contributed by atoms with Crippen molar-refractivity contribution < 1.29 is 4.79 Å². The maximum absolute atomic E-state index is 12.5. The molecule has 0 aliphatic carbocycles. The van der Waals surface area contributed by atoms with E-state index in [0.717, 1.165) is 46.0 Å². The Hall–Kier alpha value is -3.06. The molecule has 1 aliphatic heterocycles. The topological polar surface area (TPSA) is 63.4 Å². The summed E-state index contributed by atoms with van der Waals surface area (Å²) in [6, 6.07) is 10.5. The number of aromatic nitrogens is 4. The second kappa shape index (κ2) is 7.08. The minimum atomic E-state index is 0.156. The highest BCUT2D eigenvalue weighted by Gasteiger charge is 2.24. The number of benzene rings is 1. The van der Waals surface area contributed by atoms with Gasteiger partial charge in [-0.2, -0.15) is 0 Å². The van der Waals surface area contributed by atoms with Crippen LogP contribution in [0.15, 0.2) is 48.2 Å². The lowest BCUT2D eigenvalue weighted by atomic mass is 10.0. The Labute approximate surface area is 172 Å². The Morgan fingerprint density at radius 3 is 2.83 bits per heavy atom. The van der Waals surface area contributed by atoms with E-state index in [-0.39, 0.29) is 11.9 Å². The third kappa shape index (κ3) is 3.21. The molecule has 0 saturated carbocycles. The van der Waals surface area contributed by atoms with Crippen molar-refractivity contribution in [2.75, 3.05) is 4.90 Å². The van der Waals surface area contributed by atoms with Gasteiger partial charge in [0.1, 0.15) is 11.3 Å². The Bertz CT molecular complexity index is 1210. The van der Waals surface area contributed by atoms with Crippen LogP contribution in [-0.2, 0) is 11.2 Å². The molecule has 1 aromatic carbocycles. The summed E-state index contributed by atoms with van der Waals surface area (Å²) in [5.74, 6) is 0.215. The summed E-state index contributed by atoms with van der Waals surface area (Å²) in [6.45, 7) is 4.14. The molecule has 5 rings (SSSR count). The summed E-state index contributed by atoms with van der Waals surface area (Å²) in [7, 11) is 0. The summed E-state index contributed by atoms with van der Waals surface area (Å²) in [4.78, 5) is 19.3. The predicted octanol–water partition coefficient (Wildman–Crippen LogP) is 4.60. The molecule has 4 heterocycles. The predicted molar refractivity (Wildman–Crippen MR) is 115 cm³/mol. The van der Waals surface area contributed by atoms with Crippen molar-refractivity contribution in [3.8, 4) is 21.8 Å². The number of pyridine rings is 1. The monoisotopic (exact) mass is 403 g/mol. The molecule has 0 saturated heterocycles. The summed E-state index contributed by atoms with van der Waals surface area (Å²) < 4.78 is 1.90. The van der Waals surface area contributed by atoms with Crippen LogP contribution in [0, 0.1) is 0 Å². The van der Waals surface area contributed by atoms with Gasteiger partial charge in [-0.1, -0.05) is 6.07 Å². The van der Waals surface area contributed by atoms with Gasteiger partial charge in [-0.05, 0) is 56.5 Å². The van der Waals surface area contributed by atoms with E-state index in [1.165, 1.54) is 5.56 Å². The molecule has 0 bridgehead atoms. The molecule has 0 N–H and O–H groups in total. The Morgan fingerprint density at radius 1 is 1.10 bits per heavy atom. The van der Waals surface area contributed by atoms with Crippen LogP contribution in [0.25, 0.3) is 27.5 Å². The molecule has 0 unspecified atom stereocenters. The van der Waals surface area contributed by atoms with Crippen LogP contribution < -0.4 is 4.90 Å². The normalized spacial score (nSPS) is 14.4. The number of aryl methyl sites for hydroxylation is 1. The highest BCUT2D eigenvalue weighted by atomic mass is 32.1. The third-order valence-corrected chi connectivity index (χ3v) is 6.19. The standard InChI is InChI=1S/C22H21N5OS/c1-14(2)27-19-8-6-15(10-16(19)4-3-5-21(27)28)18-12-29-22(24-18)17-7-9-20-25-23-13-26(20)11-17/h6-14H,3-5H2,1-2H3. The smallest absolute Gasteiger partial charge is 0.227 e. The van der Waals surface area contributed by atoms with Crippen molar-refractivity contribution in [2.45, 2.75) is 39.2 Å². The number of hydrogen-bond acceptors (Lipinski definition) is 5. The van der Waals surface area contributed by atoms with Gasteiger partial charge in [-0.25, -0.2) is 4.98 Å². The molecule has 0 fully saturated rings.